The van der Waals surface area contributed by atoms with Gasteiger partial charge in [0, 0.05) is 23.8 Å². The summed E-state index contributed by atoms with van der Waals surface area (Å²) in [5.74, 6) is -1.44. The zero-order valence-corrected chi connectivity index (χ0v) is 21.6. The van der Waals surface area contributed by atoms with E-state index in [9.17, 15) is 23.5 Å². The number of halogens is 2. The van der Waals surface area contributed by atoms with Gasteiger partial charge in [-0.25, -0.2) is 18.6 Å². The van der Waals surface area contributed by atoms with Crippen LogP contribution in [0, 0.1) is 25.5 Å². The van der Waals surface area contributed by atoms with E-state index < -0.39 is 23.3 Å². The van der Waals surface area contributed by atoms with E-state index in [1.165, 1.54) is 23.1 Å². The second-order valence-corrected chi connectivity index (χ2v) is 10.6. The lowest BCUT2D eigenvalue weighted by molar-refractivity contribution is 0.0711. The highest BCUT2D eigenvalue weighted by Crippen LogP contribution is 2.31. The second-order valence-electron chi connectivity index (χ2n) is 10.6. The number of pyridine rings is 1. The number of nitrogens with zero attached hydrogens (tertiary/aromatic N) is 3. The summed E-state index contributed by atoms with van der Waals surface area (Å²) in [7, 11) is 0. The van der Waals surface area contributed by atoms with Gasteiger partial charge in [-0.15, -0.1) is 0 Å². The molecular formula is C27H32F2N4O4. The van der Waals surface area contributed by atoms with Crippen LogP contribution in [0.3, 0.4) is 0 Å². The quantitative estimate of drug-likeness (QED) is 0.469. The summed E-state index contributed by atoms with van der Waals surface area (Å²) in [4.78, 5) is 31.2. The Morgan fingerprint density at radius 3 is 2.51 bits per heavy atom. The molecule has 10 heteroatoms. The maximum absolute atomic E-state index is 14.1. The van der Waals surface area contributed by atoms with Gasteiger partial charge in [0.05, 0.1) is 11.3 Å². The van der Waals surface area contributed by atoms with E-state index in [4.69, 9.17) is 4.74 Å². The number of ether oxygens (including phenoxy) is 1. The molecule has 1 aliphatic carbocycles. The van der Waals surface area contributed by atoms with Crippen molar-refractivity contribution >= 4 is 17.6 Å². The van der Waals surface area contributed by atoms with Gasteiger partial charge in [0.15, 0.2) is 11.4 Å². The largest absolute Gasteiger partial charge is 0.485 e. The zero-order chi connectivity index (χ0) is 27.1. The van der Waals surface area contributed by atoms with Crippen molar-refractivity contribution in [2.24, 2.45) is 0 Å². The van der Waals surface area contributed by atoms with E-state index in [0.29, 0.717) is 42.0 Å². The molecule has 0 bridgehead atoms. The Morgan fingerprint density at radius 2 is 1.89 bits per heavy atom. The number of carboxylic acid groups (broad SMARTS) is 1. The van der Waals surface area contributed by atoms with Crippen molar-refractivity contribution in [1.82, 2.24) is 19.6 Å². The monoisotopic (exact) mass is 514 g/mol. The minimum absolute atomic E-state index is 0.184. The Bertz CT molecular complexity index is 1330. The third-order valence-corrected chi connectivity index (χ3v) is 6.68. The summed E-state index contributed by atoms with van der Waals surface area (Å²) in [6.07, 6.45) is 2.62. The average Bonchev–Trinajstić information content (AvgIpc) is 3.35. The molecule has 4 rings (SSSR count). The van der Waals surface area contributed by atoms with Crippen LogP contribution in [0.2, 0.25) is 0 Å². The first-order valence-electron chi connectivity index (χ1n) is 12.2. The summed E-state index contributed by atoms with van der Waals surface area (Å²) in [6, 6.07) is 4.96. The highest BCUT2D eigenvalue weighted by Gasteiger charge is 2.38. The number of fused-ring (bicyclic) bond motifs is 1. The molecule has 2 atom stereocenters. The molecule has 198 valence electrons. The Labute approximate surface area is 214 Å². The number of hydrogen-bond donors (Lipinski definition) is 2. The Kier molecular flexibility index (Phi) is 7.12. The smallest absolute Gasteiger partial charge is 0.407 e. The molecule has 1 saturated carbocycles. The fourth-order valence-corrected chi connectivity index (χ4v) is 5.13. The van der Waals surface area contributed by atoms with Crippen molar-refractivity contribution in [2.45, 2.75) is 78.1 Å². The molecule has 2 heterocycles. The zero-order valence-electron chi connectivity index (χ0n) is 21.6. The first-order valence-corrected chi connectivity index (χ1v) is 12.2. The van der Waals surface area contributed by atoms with Crippen molar-refractivity contribution in [2.75, 3.05) is 0 Å². The average molecular weight is 515 g/mol. The summed E-state index contributed by atoms with van der Waals surface area (Å²) in [5.41, 5.74) is 1.19. The number of rotatable bonds is 6. The lowest BCUT2D eigenvalue weighted by atomic mass is 10.0. The van der Waals surface area contributed by atoms with Crippen LogP contribution in [-0.2, 0) is 6.61 Å². The van der Waals surface area contributed by atoms with Gasteiger partial charge in [-0.3, -0.25) is 9.20 Å². The van der Waals surface area contributed by atoms with Crippen LogP contribution < -0.4 is 10.1 Å². The standard InChI is InChI=1S/C27H32F2N4O4/c1-15-11-22(37-14-19-20(28)7-6-8-21(19)29)24-30-16(2)23(32(24)13-15)25(34)31-17-9-10-18(12-17)33(26(35)36)27(3,4)5/h6-8,11,13,17-18H,9-10,12,14H2,1-5H3,(H,31,34)(H,35,36). The van der Waals surface area contributed by atoms with Crippen molar-refractivity contribution < 1.29 is 28.2 Å². The maximum atomic E-state index is 14.1. The molecule has 2 unspecified atom stereocenters. The third kappa shape index (κ3) is 5.38. The van der Waals surface area contributed by atoms with Crippen LogP contribution >= 0.6 is 0 Å². The first-order chi connectivity index (χ1) is 17.4. The van der Waals surface area contributed by atoms with Crippen LogP contribution in [0.4, 0.5) is 13.6 Å². The van der Waals surface area contributed by atoms with Gasteiger partial charge in [-0.2, -0.15) is 0 Å². The van der Waals surface area contributed by atoms with E-state index >= 15 is 0 Å². The highest BCUT2D eigenvalue weighted by atomic mass is 19.1. The molecule has 2 aromatic heterocycles. The van der Waals surface area contributed by atoms with E-state index in [1.54, 1.807) is 23.6 Å². The van der Waals surface area contributed by atoms with E-state index in [0.717, 1.165) is 5.56 Å². The minimum Gasteiger partial charge on any atom is -0.485 e. The third-order valence-electron chi connectivity index (χ3n) is 6.68. The SMILES string of the molecule is Cc1cc(OCc2c(F)cccc2F)c2nc(C)c(C(=O)NC3CCC(N(C(=O)O)C(C)(C)C)C3)n2c1. The number of aryl methyl sites for hydroxylation is 2. The predicted molar refractivity (Wildman–Crippen MR) is 134 cm³/mol. The summed E-state index contributed by atoms with van der Waals surface area (Å²) >= 11 is 0. The maximum Gasteiger partial charge on any atom is 0.407 e. The molecule has 37 heavy (non-hydrogen) atoms. The molecule has 8 nitrogen and oxygen atoms in total. The molecule has 1 aliphatic rings. The normalized spacial score (nSPS) is 17.7. The predicted octanol–water partition coefficient (Wildman–Crippen LogP) is 5.24. The van der Waals surface area contributed by atoms with Crippen molar-refractivity contribution in [3.8, 4) is 5.75 Å². The van der Waals surface area contributed by atoms with E-state index in [1.807, 2.05) is 27.7 Å². The van der Waals surface area contributed by atoms with Gasteiger partial charge in [0.1, 0.15) is 23.9 Å². The van der Waals surface area contributed by atoms with Crippen LogP contribution in [0.5, 0.6) is 5.75 Å². The molecule has 2 N–H and O–H groups in total. The molecule has 0 aliphatic heterocycles. The van der Waals surface area contributed by atoms with Gasteiger partial charge < -0.3 is 20.1 Å². The molecule has 0 saturated heterocycles. The minimum atomic E-state index is -0.972. The van der Waals surface area contributed by atoms with Gasteiger partial charge >= 0.3 is 6.09 Å². The van der Waals surface area contributed by atoms with Crippen molar-refractivity contribution in [3.05, 3.63) is 64.6 Å². The molecule has 2 amide bonds. The Hall–Kier alpha value is -3.69. The summed E-state index contributed by atoms with van der Waals surface area (Å²) < 4.78 is 35.5. The number of imidazole rings is 1. The van der Waals surface area contributed by atoms with E-state index in [-0.39, 0.29) is 30.2 Å². The number of hydrogen-bond acceptors (Lipinski definition) is 4. The fraction of sp³-hybridized carbons (Fsp3) is 0.444. The fourth-order valence-electron chi connectivity index (χ4n) is 5.13. The number of carbonyl (C=O) groups excluding carboxylic acids is 1. The summed E-state index contributed by atoms with van der Waals surface area (Å²) in [5, 5.41) is 12.8. The lowest BCUT2D eigenvalue weighted by Gasteiger charge is -2.38. The molecule has 1 fully saturated rings. The van der Waals surface area contributed by atoms with Crippen LogP contribution in [0.25, 0.3) is 5.65 Å². The molecule has 3 aromatic rings. The Morgan fingerprint density at radius 1 is 1.22 bits per heavy atom. The topological polar surface area (TPSA) is 96.2 Å². The number of nitrogens with one attached hydrogen (secondary N) is 1. The van der Waals surface area contributed by atoms with Gasteiger partial charge in [-0.05, 0) is 77.6 Å². The first kappa shape index (κ1) is 26.4. The van der Waals surface area contributed by atoms with E-state index in [2.05, 4.69) is 10.3 Å². The number of aromatic nitrogens is 2. The van der Waals surface area contributed by atoms with Crippen molar-refractivity contribution in [3.63, 3.8) is 0 Å². The number of amides is 2. The summed E-state index contributed by atoms with van der Waals surface area (Å²) in [6.45, 7) is 8.77. The van der Waals surface area contributed by atoms with Gasteiger partial charge in [0.25, 0.3) is 5.91 Å². The number of carbonyl (C=O) groups is 2. The van der Waals surface area contributed by atoms with Crippen LogP contribution in [0.15, 0.2) is 30.5 Å². The number of benzene rings is 1. The van der Waals surface area contributed by atoms with Crippen LogP contribution in [0.1, 0.15) is 67.3 Å². The Balaban J connectivity index is 1.55. The van der Waals surface area contributed by atoms with Crippen LogP contribution in [-0.4, -0.2) is 49.0 Å². The molecule has 0 radical (unpaired) electrons. The highest BCUT2D eigenvalue weighted by molar-refractivity contribution is 5.95. The lowest BCUT2D eigenvalue weighted by Crippen LogP contribution is -2.50. The molecule has 0 spiro atoms. The molecular weight excluding hydrogens is 482 g/mol. The van der Waals surface area contributed by atoms with Gasteiger partial charge in [-0.1, -0.05) is 6.07 Å². The molecule has 1 aromatic carbocycles. The van der Waals surface area contributed by atoms with Gasteiger partial charge in [0.2, 0.25) is 0 Å². The second kappa shape index (κ2) is 9.99. The van der Waals surface area contributed by atoms with Crippen molar-refractivity contribution in [1.29, 1.82) is 0 Å².